The fourth-order valence-electron chi connectivity index (χ4n) is 2.13. The third-order valence-electron chi connectivity index (χ3n) is 3.26. The average molecular weight is 262 g/mol. The summed E-state index contributed by atoms with van der Waals surface area (Å²) in [5.41, 5.74) is -0.677. The van der Waals surface area contributed by atoms with E-state index < -0.39 is 11.3 Å². The Morgan fingerprint density at radius 3 is 2.10 bits per heavy atom. The van der Waals surface area contributed by atoms with E-state index in [1.165, 1.54) is 0 Å². The molecule has 0 aliphatic heterocycles. The minimum absolute atomic E-state index is 0.300. The maximum absolute atomic E-state index is 9.41. The molecule has 4 heteroatoms. The number of nitriles is 4. The third-order valence-corrected chi connectivity index (χ3v) is 3.26. The van der Waals surface area contributed by atoms with Gasteiger partial charge in [-0.2, -0.15) is 21.0 Å². The smallest absolute Gasteiger partial charge is 0.163 e. The standard InChI is InChI=1S/C16H14N4/c17-10-6-2-5-9-16(12-19,13-20)15(11-18)14-7-3-1-4-8-14/h1,3-4,7-8,15H,2,5-6,9H2. The van der Waals surface area contributed by atoms with E-state index in [2.05, 4.69) is 6.07 Å². The minimum atomic E-state index is -1.36. The van der Waals surface area contributed by atoms with Crippen LogP contribution in [0.3, 0.4) is 0 Å². The van der Waals surface area contributed by atoms with E-state index in [-0.39, 0.29) is 0 Å². The van der Waals surface area contributed by atoms with Crippen LogP contribution in [0, 0.1) is 50.7 Å². The highest BCUT2D eigenvalue weighted by Crippen LogP contribution is 2.39. The molecule has 0 aliphatic rings. The van der Waals surface area contributed by atoms with Crippen LogP contribution in [0.5, 0.6) is 0 Å². The summed E-state index contributed by atoms with van der Waals surface area (Å²) in [6, 6.07) is 17.1. The van der Waals surface area contributed by atoms with Gasteiger partial charge in [0.2, 0.25) is 0 Å². The minimum Gasteiger partial charge on any atom is -0.198 e. The van der Waals surface area contributed by atoms with Gasteiger partial charge in [-0.05, 0) is 24.8 Å². The summed E-state index contributed by atoms with van der Waals surface area (Å²) in [7, 11) is 0. The van der Waals surface area contributed by atoms with E-state index >= 15 is 0 Å². The molecular formula is C16H14N4. The first-order valence-corrected chi connectivity index (χ1v) is 6.38. The summed E-state index contributed by atoms with van der Waals surface area (Å²) in [4.78, 5) is 0. The number of nitrogens with zero attached hydrogens (tertiary/aromatic N) is 4. The second-order valence-corrected chi connectivity index (χ2v) is 4.53. The SMILES string of the molecule is N#CCCCCC(C#N)(C#N)C(C#N)c1ccccc1. The molecule has 0 bridgehead atoms. The van der Waals surface area contributed by atoms with Gasteiger partial charge in [0, 0.05) is 6.42 Å². The summed E-state index contributed by atoms with van der Waals surface area (Å²) < 4.78 is 0. The Bertz CT molecular complexity index is 579. The van der Waals surface area contributed by atoms with Crippen LogP contribution in [0.1, 0.15) is 37.2 Å². The predicted molar refractivity (Wildman–Crippen MR) is 72.5 cm³/mol. The molecular weight excluding hydrogens is 248 g/mol. The Balaban J connectivity index is 3.00. The van der Waals surface area contributed by atoms with E-state index in [4.69, 9.17) is 5.26 Å². The lowest BCUT2D eigenvalue weighted by Gasteiger charge is -2.24. The summed E-state index contributed by atoms with van der Waals surface area (Å²) in [6.07, 6.45) is 1.92. The van der Waals surface area contributed by atoms with Crippen molar-refractivity contribution in [2.45, 2.75) is 31.6 Å². The molecule has 1 rings (SSSR count). The Morgan fingerprint density at radius 2 is 1.60 bits per heavy atom. The molecule has 0 saturated heterocycles. The van der Waals surface area contributed by atoms with Gasteiger partial charge in [0.1, 0.15) is 5.92 Å². The van der Waals surface area contributed by atoms with Crippen molar-refractivity contribution in [2.24, 2.45) is 5.41 Å². The molecule has 1 aromatic carbocycles. The molecule has 98 valence electrons. The van der Waals surface area contributed by atoms with Crippen LogP contribution < -0.4 is 0 Å². The van der Waals surface area contributed by atoms with E-state index in [1.54, 1.807) is 24.3 Å². The second kappa shape index (κ2) is 7.58. The zero-order chi connectivity index (χ0) is 14.8. The van der Waals surface area contributed by atoms with Gasteiger partial charge >= 0.3 is 0 Å². The largest absolute Gasteiger partial charge is 0.198 e. The molecule has 0 saturated carbocycles. The van der Waals surface area contributed by atoms with Gasteiger partial charge in [0.15, 0.2) is 5.41 Å². The molecule has 0 aromatic heterocycles. The fourth-order valence-corrected chi connectivity index (χ4v) is 2.13. The Kier molecular flexibility index (Phi) is 5.77. The van der Waals surface area contributed by atoms with Crippen LogP contribution in [-0.2, 0) is 0 Å². The quantitative estimate of drug-likeness (QED) is 0.734. The number of rotatable bonds is 6. The maximum atomic E-state index is 9.41. The van der Waals surface area contributed by atoms with E-state index in [1.807, 2.05) is 24.3 Å². The van der Waals surface area contributed by atoms with Crippen molar-refractivity contribution in [2.75, 3.05) is 0 Å². The molecule has 0 radical (unpaired) electrons. The number of unbranched alkanes of at least 4 members (excludes halogenated alkanes) is 2. The molecule has 0 heterocycles. The molecule has 20 heavy (non-hydrogen) atoms. The van der Waals surface area contributed by atoms with Crippen LogP contribution in [0.15, 0.2) is 30.3 Å². The molecule has 0 spiro atoms. The van der Waals surface area contributed by atoms with Crippen LogP contribution in [0.2, 0.25) is 0 Å². The Hall–Kier alpha value is -2.82. The lowest BCUT2D eigenvalue weighted by atomic mass is 9.71. The van der Waals surface area contributed by atoms with Gasteiger partial charge in [-0.3, -0.25) is 0 Å². The first-order valence-electron chi connectivity index (χ1n) is 6.38. The van der Waals surface area contributed by atoms with E-state index in [0.29, 0.717) is 31.2 Å². The lowest BCUT2D eigenvalue weighted by Crippen LogP contribution is -2.25. The van der Waals surface area contributed by atoms with Crippen molar-refractivity contribution in [3.05, 3.63) is 35.9 Å². The summed E-state index contributed by atoms with van der Waals surface area (Å²) in [5.74, 6) is -0.777. The second-order valence-electron chi connectivity index (χ2n) is 4.53. The highest BCUT2D eigenvalue weighted by atomic mass is 14.5. The average Bonchev–Trinajstić information content (AvgIpc) is 2.51. The highest BCUT2D eigenvalue weighted by molar-refractivity contribution is 5.35. The molecule has 1 aromatic rings. The topological polar surface area (TPSA) is 95.2 Å². The summed E-state index contributed by atoms with van der Waals surface area (Å²) in [6.45, 7) is 0. The number of benzene rings is 1. The first-order chi connectivity index (χ1) is 9.74. The Labute approximate surface area is 119 Å². The van der Waals surface area contributed by atoms with Crippen molar-refractivity contribution in [1.29, 1.82) is 21.0 Å². The van der Waals surface area contributed by atoms with Gasteiger partial charge in [-0.1, -0.05) is 30.3 Å². The van der Waals surface area contributed by atoms with E-state index in [9.17, 15) is 15.8 Å². The molecule has 0 N–H and O–H groups in total. The van der Waals surface area contributed by atoms with Crippen molar-refractivity contribution < 1.29 is 0 Å². The molecule has 0 fully saturated rings. The van der Waals surface area contributed by atoms with Crippen LogP contribution >= 0.6 is 0 Å². The molecule has 0 amide bonds. The van der Waals surface area contributed by atoms with Gasteiger partial charge in [-0.15, -0.1) is 0 Å². The molecule has 0 aliphatic carbocycles. The van der Waals surface area contributed by atoms with Gasteiger partial charge in [0.25, 0.3) is 0 Å². The number of hydrogen-bond donors (Lipinski definition) is 0. The van der Waals surface area contributed by atoms with Crippen LogP contribution in [0.25, 0.3) is 0 Å². The monoisotopic (exact) mass is 262 g/mol. The normalized spacial score (nSPS) is 11.4. The third kappa shape index (κ3) is 3.35. The first kappa shape index (κ1) is 15.2. The molecule has 4 nitrogen and oxygen atoms in total. The van der Waals surface area contributed by atoms with Gasteiger partial charge in [-0.25, -0.2) is 0 Å². The Morgan fingerprint density at radius 1 is 0.950 bits per heavy atom. The van der Waals surface area contributed by atoms with Crippen LogP contribution in [-0.4, -0.2) is 0 Å². The molecule has 1 unspecified atom stereocenters. The summed E-state index contributed by atoms with van der Waals surface area (Å²) in [5, 5.41) is 36.7. The summed E-state index contributed by atoms with van der Waals surface area (Å²) >= 11 is 0. The van der Waals surface area contributed by atoms with Crippen molar-refractivity contribution in [3.8, 4) is 24.3 Å². The highest BCUT2D eigenvalue weighted by Gasteiger charge is 2.40. The zero-order valence-electron chi connectivity index (χ0n) is 11.1. The lowest BCUT2D eigenvalue weighted by molar-refractivity contribution is 0.415. The van der Waals surface area contributed by atoms with Crippen molar-refractivity contribution >= 4 is 0 Å². The fraction of sp³-hybridized carbons (Fsp3) is 0.375. The zero-order valence-corrected chi connectivity index (χ0v) is 11.1. The van der Waals surface area contributed by atoms with Crippen molar-refractivity contribution in [1.82, 2.24) is 0 Å². The van der Waals surface area contributed by atoms with Gasteiger partial charge < -0.3 is 0 Å². The van der Waals surface area contributed by atoms with Crippen molar-refractivity contribution in [3.63, 3.8) is 0 Å². The van der Waals surface area contributed by atoms with Crippen LogP contribution in [0.4, 0.5) is 0 Å². The van der Waals surface area contributed by atoms with E-state index in [0.717, 1.165) is 0 Å². The molecule has 1 atom stereocenters. The predicted octanol–water partition coefficient (Wildman–Crippen LogP) is 3.41. The maximum Gasteiger partial charge on any atom is 0.163 e. The number of hydrogen-bond acceptors (Lipinski definition) is 4. The van der Waals surface area contributed by atoms with Gasteiger partial charge in [0.05, 0.1) is 24.3 Å².